The summed E-state index contributed by atoms with van der Waals surface area (Å²) in [5.41, 5.74) is 1.06. The summed E-state index contributed by atoms with van der Waals surface area (Å²) in [5.74, 6) is 0.169. The minimum Gasteiger partial charge on any atom is -0.494 e. The first kappa shape index (κ1) is 17.6. The highest BCUT2D eigenvalue weighted by molar-refractivity contribution is 9.10. The van der Waals surface area contributed by atoms with Gasteiger partial charge in [0.05, 0.1) is 17.3 Å². The molecule has 11 heteroatoms. The van der Waals surface area contributed by atoms with Crippen LogP contribution in [-0.2, 0) is 10.0 Å². The molecule has 2 aromatic carbocycles. The molecule has 8 nitrogen and oxygen atoms in total. The number of halogens is 2. The first-order chi connectivity index (χ1) is 11.9. The van der Waals surface area contributed by atoms with Crippen LogP contribution in [0.3, 0.4) is 0 Å². The molecule has 0 atom stereocenters. The smallest absolute Gasteiger partial charge is 0.265 e. The third-order valence-electron chi connectivity index (χ3n) is 3.20. The van der Waals surface area contributed by atoms with E-state index in [1.54, 1.807) is 30.3 Å². The van der Waals surface area contributed by atoms with Gasteiger partial charge in [0, 0.05) is 10.7 Å². The van der Waals surface area contributed by atoms with Crippen LogP contribution in [0.15, 0.2) is 52.1 Å². The van der Waals surface area contributed by atoms with Crippen molar-refractivity contribution in [3.05, 3.63) is 52.2 Å². The van der Waals surface area contributed by atoms with E-state index in [4.69, 9.17) is 16.3 Å². The molecule has 0 spiro atoms. The van der Waals surface area contributed by atoms with Crippen molar-refractivity contribution in [3.63, 3.8) is 0 Å². The number of nitrogens with one attached hydrogen (secondary N) is 1. The van der Waals surface area contributed by atoms with Crippen LogP contribution in [0, 0.1) is 0 Å². The molecular weight excluding hydrogens is 434 g/mol. The molecule has 3 rings (SSSR count). The van der Waals surface area contributed by atoms with Gasteiger partial charge in [-0.25, -0.2) is 13.1 Å². The fraction of sp³-hybridized carbons (Fsp3) is 0.0714. The summed E-state index contributed by atoms with van der Waals surface area (Å²) in [6, 6.07) is 9.43. The topological polar surface area (TPSA) is 99.0 Å². The minimum atomic E-state index is -3.90. The van der Waals surface area contributed by atoms with E-state index in [1.807, 2.05) is 0 Å². The molecule has 0 aliphatic rings. The highest BCUT2D eigenvalue weighted by atomic mass is 79.9. The predicted octanol–water partition coefficient (Wildman–Crippen LogP) is 2.89. The molecule has 0 fully saturated rings. The first-order valence-corrected chi connectivity index (χ1v) is 9.45. The zero-order chi connectivity index (χ0) is 18.0. The number of hydrogen-bond acceptors (Lipinski definition) is 6. The molecule has 1 N–H and O–H groups in total. The lowest BCUT2D eigenvalue weighted by molar-refractivity contribution is 0.400. The highest BCUT2D eigenvalue weighted by Crippen LogP contribution is 2.36. The van der Waals surface area contributed by atoms with E-state index in [0.29, 0.717) is 15.8 Å². The predicted molar refractivity (Wildman–Crippen MR) is 95.7 cm³/mol. The third kappa shape index (κ3) is 3.75. The summed E-state index contributed by atoms with van der Waals surface area (Å²) in [4.78, 5) is -0.0704. The number of nitrogens with zero attached hydrogens (tertiary/aromatic N) is 4. The maximum atomic E-state index is 12.7. The Morgan fingerprint density at radius 3 is 2.56 bits per heavy atom. The molecule has 0 bridgehead atoms. The van der Waals surface area contributed by atoms with E-state index in [0.717, 1.165) is 0 Å². The summed E-state index contributed by atoms with van der Waals surface area (Å²) in [6.45, 7) is 0. The Kier molecular flexibility index (Phi) is 4.93. The van der Waals surface area contributed by atoms with Crippen molar-refractivity contribution in [2.45, 2.75) is 4.90 Å². The Morgan fingerprint density at radius 1 is 1.24 bits per heavy atom. The van der Waals surface area contributed by atoms with Crippen LogP contribution < -0.4 is 9.46 Å². The van der Waals surface area contributed by atoms with Crippen molar-refractivity contribution in [1.29, 1.82) is 0 Å². The molecule has 0 aliphatic heterocycles. The molecule has 3 aromatic rings. The molecule has 130 valence electrons. The lowest BCUT2D eigenvalue weighted by Gasteiger charge is -2.13. The molecule has 0 saturated carbocycles. The van der Waals surface area contributed by atoms with Crippen LogP contribution >= 0.6 is 27.5 Å². The van der Waals surface area contributed by atoms with E-state index in [9.17, 15) is 8.42 Å². The van der Waals surface area contributed by atoms with Gasteiger partial charge < -0.3 is 4.74 Å². The van der Waals surface area contributed by atoms with Crippen LogP contribution in [0.4, 0.5) is 5.69 Å². The normalized spacial score (nSPS) is 11.3. The molecule has 0 unspecified atom stereocenters. The Balaban J connectivity index is 1.92. The van der Waals surface area contributed by atoms with Gasteiger partial charge in [-0.15, -0.1) is 5.10 Å². The zero-order valence-electron chi connectivity index (χ0n) is 12.7. The summed E-state index contributed by atoms with van der Waals surface area (Å²) >= 11 is 9.21. The van der Waals surface area contributed by atoms with Crippen molar-refractivity contribution < 1.29 is 13.2 Å². The zero-order valence-corrected chi connectivity index (χ0v) is 15.9. The largest absolute Gasteiger partial charge is 0.494 e. The first-order valence-electron chi connectivity index (χ1n) is 6.80. The third-order valence-corrected chi connectivity index (χ3v) is 5.39. The minimum absolute atomic E-state index is 0.0704. The second-order valence-electron chi connectivity index (χ2n) is 4.83. The van der Waals surface area contributed by atoms with E-state index < -0.39 is 10.0 Å². The number of hydrogen-bond donors (Lipinski definition) is 1. The van der Waals surface area contributed by atoms with Crippen LogP contribution in [0.25, 0.3) is 5.69 Å². The molecule has 0 aliphatic carbocycles. The van der Waals surface area contributed by atoms with Gasteiger partial charge in [0.25, 0.3) is 10.0 Å². The van der Waals surface area contributed by atoms with E-state index >= 15 is 0 Å². The number of ether oxygens (including phenoxy) is 1. The average Bonchev–Trinajstić information content (AvgIpc) is 3.09. The van der Waals surface area contributed by atoms with Crippen LogP contribution in [-0.4, -0.2) is 35.7 Å². The number of anilines is 1. The lowest BCUT2D eigenvalue weighted by atomic mass is 10.3. The van der Waals surface area contributed by atoms with Crippen molar-refractivity contribution in [1.82, 2.24) is 20.2 Å². The van der Waals surface area contributed by atoms with Crippen LogP contribution in [0.1, 0.15) is 0 Å². The number of sulfonamides is 1. The van der Waals surface area contributed by atoms with E-state index in [-0.39, 0.29) is 15.7 Å². The Bertz CT molecular complexity index is 994. The number of tetrazole rings is 1. The number of methoxy groups -OCH3 is 1. The van der Waals surface area contributed by atoms with Gasteiger partial charge in [0.1, 0.15) is 11.2 Å². The van der Waals surface area contributed by atoms with E-state index in [2.05, 4.69) is 36.2 Å². The molecular formula is C14H11BrClN5O3S. The van der Waals surface area contributed by atoms with Gasteiger partial charge in [-0.05, 0) is 62.8 Å². The lowest BCUT2D eigenvalue weighted by Crippen LogP contribution is -2.14. The number of rotatable bonds is 5. The Labute approximate surface area is 156 Å². The molecule has 1 aromatic heterocycles. The second-order valence-corrected chi connectivity index (χ2v) is 7.77. The van der Waals surface area contributed by atoms with E-state index in [1.165, 1.54) is 24.2 Å². The maximum Gasteiger partial charge on any atom is 0.265 e. The maximum absolute atomic E-state index is 12.7. The average molecular weight is 445 g/mol. The fourth-order valence-electron chi connectivity index (χ4n) is 2.11. The van der Waals surface area contributed by atoms with Crippen molar-refractivity contribution >= 4 is 43.2 Å². The molecule has 0 amide bonds. The Morgan fingerprint density at radius 2 is 1.96 bits per heavy atom. The highest BCUT2D eigenvalue weighted by Gasteiger charge is 2.22. The Hall–Kier alpha value is -2.17. The molecule has 25 heavy (non-hydrogen) atoms. The number of aromatic nitrogens is 4. The van der Waals surface area contributed by atoms with Crippen LogP contribution in [0.5, 0.6) is 5.75 Å². The molecule has 0 radical (unpaired) electrons. The fourth-order valence-corrected chi connectivity index (χ4v) is 4.55. The molecule has 0 saturated heterocycles. The van der Waals surface area contributed by atoms with Gasteiger partial charge in [-0.3, -0.25) is 4.72 Å². The molecule has 1 heterocycles. The quantitative estimate of drug-likeness (QED) is 0.650. The van der Waals surface area contributed by atoms with Crippen molar-refractivity contribution in [2.24, 2.45) is 0 Å². The van der Waals surface area contributed by atoms with Crippen molar-refractivity contribution in [2.75, 3.05) is 11.8 Å². The van der Waals surface area contributed by atoms with Gasteiger partial charge in [-0.1, -0.05) is 11.6 Å². The van der Waals surface area contributed by atoms with Gasteiger partial charge in [-0.2, -0.15) is 0 Å². The summed E-state index contributed by atoms with van der Waals surface area (Å²) in [7, 11) is -2.52. The van der Waals surface area contributed by atoms with Gasteiger partial charge in [0.15, 0.2) is 5.75 Å². The summed E-state index contributed by atoms with van der Waals surface area (Å²) < 4.78 is 34.9. The monoisotopic (exact) mass is 443 g/mol. The van der Waals surface area contributed by atoms with Crippen LogP contribution in [0.2, 0.25) is 5.02 Å². The summed E-state index contributed by atoms with van der Waals surface area (Å²) in [5, 5.41) is 11.1. The SMILES string of the molecule is COc1c(Br)cc(Cl)cc1S(=O)(=O)Nc1ccc(-n2cnnn2)cc1. The summed E-state index contributed by atoms with van der Waals surface area (Å²) in [6.07, 6.45) is 1.44. The number of benzene rings is 2. The van der Waals surface area contributed by atoms with Crippen molar-refractivity contribution in [3.8, 4) is 11.4 Å². The second kappa shape index (κ2) is 6.98. The van der Waals surface area contributed by atoms with Gasteiger partial charge in [0.2, 0.25) is 0 Å². The van der Waals surface area contributed by atoms with Gasteiger partial charge >= 0.3 is 0 Å². The standard InChI is InChI=1S/C14H11BrClN5O3S/c1-24-14-12(15)6-9(16)7-13(14)25(22,23)18-10-2-4-11(5-3-10)21-8-17-19-20-21/h2-8,18H,1H3.